The standard InChI is InChI=1S/C16H24O8/c1-4-5-10(13-8(2)23-12(18)6-11(13)21-3)24-16-15(20)14(19)9(17)7-22-16/h6,9-10,14-17,19-20H,4-5,7H2,1-3H3/t9-,10+,14+,15-,16+/m1/s1. The summed E-state index contributed by atoms with van der Waals surface area (Å²) < 4.78 is 21.5. The molecule has 2 rings (SSSR count). The molecule has 8 heteroatoms. The number of aliphatic hydroxyl groups excluding tert-OH is 3. The van der Waals surface area contributed by atoms with E-state index in [1.807, 2.05) is 6.92 Å². The van der Waals surface area contributed by atoms with E-state index in [4.69, 9.17) is 18.6 Å². The van der Waals surface area contributed by atoms with E-state index >= 15 is 0 Å². The molecule has 0 aliphatic carbocycles. The molecule has 136 valence electrons. The van der Waals surface area contributed by atoms with Crippen LogP contribution in [0.25, 0.3) is 0 Å². The zero-order chi connectivity index (χ0) is 17.9. The van der Waals surface area contributed by atoms with Crippen LogP contribution in [-0.2, 0) is 9.47 Å². The molecule has 24 heavy (non-hydrogen) atoms. The molecule has 0 saturated carbocycles. The zero-order valence-electron chi connectivity index (χ0n) is 14.0. The van der Waals surface area contributed by atoms with E-state index in [-0.39, 0.29) is 6.61 Å². The second-order valence-electron chi connectivity index (χ2n) is 5.77. The van der Waals surface area contributed by atoms with Crippen molar-refractivity contribution in [2.75, 3.05) is 13.7 Å². The van der Waals surface area contributed by atoms with E-state index in [1.165, 1.54) is 13.2 Å². The summed E-state index contributed by atoms with van der Waals surface area (Å²) in [6.45, 7) is 3.43. The van der Waals surface area contributed by atoms with Crippen molar-refractivity contribution in [1.29, 1.82) is 0 Å². The van der Waals surface area contributed by atoms with Crippen molar-refractivity contribution in [3.05, 3.63) is 27.8 Å². The molecule has 0 bridgehead atoms. The average Bonchev–Trinajstić information content (AvgIpc) is 2.54. The maximum atomic E-state index is 11.5. The normalized spacial score (nSPS) is 28.6. The minimum atomic E-state index is -1.39. The lowest BCUT2D eigenvalue weighted by molar-refractivity contribution is -0.284. The summed E-state index contributed by atoms with van der Waals surface area (Å²) in [6, 6.07) is 1.23. The van der Waals surface area contributed by atoms with Gasteiger partial charge in [-0.3, -0.25) is 0 Å². The van der Waals surface area contributed by atoms with Crippen LogP contribution in [-0.4, -0.2) is 53.6 Å². The highest BCUT2D eigenvalue weighted by Crippen LogP contribution is 2.35. The van der Waals surface area contributed by atoms with E-state index in [0.29, 0.717) is 23.5 Å². The first-order valence-electron chi connectivity index (χ1n) is 7.88. The monoisotopic (exact) mass is 344 g/mol. The molecule has 1 aromatic rings. The van der Waals surface area contributed by atoms with Crippen LogP contribution in [0.15, 0.2) is 15.3 Å². The van der Waals surface area contributed by atoms with Crippen molar-refractivity contribution in [2.24, 2.45) is 0 Å². The Morgan fingerprint density at radius 1 is 1.33 bits per heavy atom. The minimum Gasteiger partial charge on any atom is -0.496 e. The molecule has 0 amide bonds. The first-order valence-corrected chi connectivity index (χ1v) is 7.88. The number of ether oxygens (including phenoxy) is 3. The lowest BCUT2D eigenvalue weighted by atomic mass is 10.0. The third-order valence-corrected chi connectivity index (χ3v) is 3.99. The third kappa shape index (κ3) is 3.96. The predicted molar refractivity (Wildman–Crippen MR) is 82.8 cm³/mol. The van der Waals surface area contributed by atoms with Gasteiger partial charge >= 0.3 is 5.63 Å². The van der Waals surface area contributed by atoms with Crippen molar-refractivity contribution in [3.63, 3.8) is 0 Å². The first-order chi connectivity index (χ1) is 11.4. The van der Waals surface area contributed by atoms with Crippen LogP contribution in [0.2, 0.25) is 0 Å². The highest BCUT2D eigenvalue weighted by Gasteiger charge is 2.40. The topological polar surface area (TPSA) is 119 Å². The van der Waals surface area contributed by atoms with Gasteiger partial charge in [0.1, 0.15) is 29.8 Å². The molecule has 8 nitrogen and oxygen atoms in total. The molecule has 1 aliphatic rings. The number of rotatable bonds is 6. The molecule has 3 N–H and O–H groups in total. The second-order valence-corrected chi connectivity index (χ2v) is 5.77. The Labute approximate surface area is 139 Å². The van der Waals surface area contributed by atoms with Crippen molar-refractivity contribution >= 4 is 0 Å². The summed E-state index contributed by atoms with van der Waals surface area (Å²) in [5.74, 6) is 0.678. The van der Waals surface area contributed by atoms with Crippen LogP contribution >= 0.6 is 0 Å². The van der Waals surface area contributed by atoms with E-state index in [0.717, 1.165) is 6.42 Å². The SMILES string of the molecule is CCC[C@H](O[C@@H]1OC[C@@H](O)[C@H](O)[C@H]1O)c1c(OC)cc(=O)oc1C. The van der Waals surface area contributed by atoms with Gasteiger partial charge in [0.15, 0.2) is 6.29 Å². The van der Waals surface area contributed by atoms with Crippen LogP contribution in [0.5, 0.6) is 5.75 Å². The highest BCUT2D eigenvalue weighted by atomic mass is 16.7. The van der Waals surface area contributed by atoms with E-state index < -0.39 is 36.3 Å². The molecular formula is C16H24O8. The fraction of sp³-hybridized carbons (Fsp3) is 0.688. The Kier molecular flexibility index (Phi) is 6.36. The van der Waals surface area contributed by atoms with Crippen molar-refractivity contribution in [2.45, 2.75) is 57.4 Å². The summed E-state index contributed by atoms with van der Waals surface area (Å²) in [5.41, 5.74) is 0.0196. The van der Waals surface area contributed by atoms with Crippen LogP contribution in [0, 0.1) is 6.92 Å². The van der Waals surface area contributed by atoms with E-state index in [1.54, 1.807) is 6.92 Å². The van der Waals surface area contributed by atoms with Crippen LogP contribution < -0.4 is 10.4 Å². The summed E-state index contributed by atoms with van der Waals surface area (Å²) in [4.78, 5) is 11.5. The van der Waals surface area contributed by atoms with Crippen LogP contribution in [0.3, 0.4) is 0 Å². The number of hydrogen-bond donors (Lipinski definition) is 3. The van der Waals surface area contributed by atoms with Crippen molar-refractivity contribution in [1.82, 2.24) is 0 Å². The van der Waals surface area contributed by atoms with Gasteiger partial charge in [0.25, 0.3) is 0 Å². The molecule has 1 aliphatic heterocycles. The Hall–Kier alpha value is -1.45. The largest absolute Gasteiger partial charge is 0.496 e. The molecule has 0 spiro atoms. The molecule has 0 radical (unpaired) electrons. The Morgan fingerprint density at radius 2 is 2.04 bits per heavy atom. The lowest BCUT2D eigenvalue weighted by Crippen LogP contribution is -2.54. The summed E-state index contributed by atoms with van der Waals surface area (Å²) in [6.07, 6.45) is -4.31. The predicted octanol–water partition coefficient (Wildman–Crippen LogP) is 0.254. The third-order valence-electron chi connectivity index (χ3n) is 3.99. The smallest absolute Gasteiger partial charge is 0.339 e. The Balaban J connectivity index is 2.29. The minimum absolute atomic E-state index is 0.151. The van der Waals surface area contributed by atoms with Crippen molar-refractivity contribution in [3.8, 4) is 5.75 Å². The Bertz CT molecular complexity index is 598. The fourth-order valence-corrected chi connectivity index (χ4v) is 2.75. The lowest BCUT2D eigenvalue weighted by Gasteiger charge is -2.37. The highest BCUT2D eigenvalue weighted by molar-refractivity contribution is 5.35. The summed E-state index contributed by atoms with van der Waals surface area (Å²) >= 11 is 0. The van der Waals surface area contributed by atoms with Gasteiger partial charge in [-0.05, 0) is 13.3 Å². The van der Waals surface area contributed by atoms with Gasteiger partial charge < -0.3 is 33.9 Å². The molecule has 5 atom stereocenters. The van der Waals surface area contributed by atoms with E-state index in [2.05, 4.69) is 0 Å². The summed E-state index contributed by atoms with van der Waals surface area (Å²) in [5, 5.41) is 29.3. The molecule has 1 fully saturated rings. The zero-order valence-corrected chi connectivity index (χ0v) is 14.0. The van der Waals surface area contributed by atoms with Gasteiger partial charge in [0.05, 0.1) is 31.5 Å². The average molecular weight is 344 g/mol. The summed E-state index contributed by atoms with van der Waals surface area (Å²) in [7, 11) is 1.44. The van der Waals surface area contributed by atoms with Gasteiger partial charge in [0, 0.05) is 0 Å². The van der Waals surface area contributed by atoms with Gasteiger partial charge in [-0.15, -0.1) is 0 Å². The molecular weight excluding hydrogens is 320 g/mol. The second kappa shape index (κ2) is 8.09. The quantitative estimate of drug-likeness (QED) is 0.672. The maximum absolute atomic E-state index is 11.5. The molecule has 2 heterocycles. The number of hydrogen-bond acceptors (Lipinski definition) is 8. The molecule has 1 aromatic heterocycles. The van der Waals surface area contributed by atoms with Gasteiger partial charge in [-0.1, -0.05) is 13.3 Å². The number of methoxy groups -OCH3 is 1. The van der Waals surface area contributed by atoms with E-state index in [9.17, 15) is 20.1 Å². The first kappa shape index (κ1) is 18.9. The number of aryl methyl sites for hydroxylation is 1. The maximum Gasteiger partial charge on any atom is 0.339 e. The van der Waals surface area contributed by atoms with Gasteiger partial charge in [-0.2, -0.15) is 0 Å². The van der Waals surface area contributed by atoms with Gasteiger partial charge in [0.2, 0.25) is 0 Å². The fourth-order valence-electron chi connectivity index (χ4n) is 2.75. The number of aliphatic hydroxyl groups is 3. The molecule has 1 saturated heterocycles. The molecule has 0 unspecified atom stereocenters. The van der Waals surface area contributed by atoms with Gasteiger partial charge in [-0.25, -0.2) is 4.79 Å². The van der Waals surface area contributed by atoms with Crippen LogP contribution in [0.1, 0.15) is 37.2 Å². The van der Waals surface area contributed by atoms with Crippen LogP contribution in [0.4, 0.5) is 0 Å². The Morgan fingerprint density at radius 3 is 2.67 bits per heavy atom. The van der Waals surface area contributed by atoms with Crippen molar-refractivity contribution < 1.29 is 33.9 Å². The molecule has 0 aromatic carbocycles.